The third-order valence-corrected chi connectivity index (χ3v) is 4.17. The van der Waals surface area contributed by atoms with E-state index in [9.17, 15) is 0 Å². The van der Waals surface area contributed by atoms with Crippen LogP contribution < -0.4 is 4.74 Å². The van der Waals surface area contributed by atoms with Gasteiger partial charge in [0.2, 0.25) is 5.88 Å². The fraction of sp³-hybridized carbons (Fsp3) is 0.429. The van der Waals surface area contributed by atoms with Crippen LogP contribution in [0.2, 0.25) is 0 Å². The topological polar surface area (TPSA) is 35.0 Å². The molecular formula is C14H17ClN2OS. The molecule has 19 heavy (non-hydrogen) atoms. The maximum atomic E-state index is 6.35. The lowest BCUT2D eigenvalue weighted by Crippen LogP contribution is -2.06. The Labute approximate surface area is 122 Å². The van der Waals surface area contributed by atoms with Gasteiger partial charge < -0.3 is 4.74 Å². The van der Waals surface area contributed by atoms with Crippen molar-refractivity contribution in [2.75, 3.05) is 7.11 Å². The number of hydrogen-bond donors (Lipinski definition) is 0. The third kappa shape index (κ3) is 4.80. The molecule has 0 aromatic carbocycles. The number of aryl methyl sites for hydroxylation is 1. The Bertz CT molecular complexity index is 490. The minimum atomic E-state index is 0.111. The van der Waals surface area contributed by atoms with E-state index < -0.39 is 0 Å². The number of thiophene rings is 1. The lowest BCUT2D eigenvalue weighted by Gasteiger charge is -2.08. The molecule has 2 aromatic rings. The van der Waals surface area contributed by atoms with Crippen molar-refractivity contribution in [2.45, 2.75) is 31.1 Å². The number of alkyl halides is 1. The van der Waals surface area contributed by atoms with Crippen molar-refractivity contribution in [2.24, 2.45) is 0 Å². The van der Waals surface area contributed by atoms with Crippen LogP contribution in [0.5, 0.6) is 5.88 Å². The minimum absolute atomic E-state index is 0.111. The summed E-state index contributed by atoms with van der Waals surface area (Å²) in [6, 6.07) is 6.10. The summed E-state index contributed by atoms with van der Waals surface area (Å²) in [7, 11) is 1.60. The molecule has 0 saturated carbocycles. The fourth-order valence-electron chi connectivity index (χ4n) is 1.88. The number of rotatable bonds is 7. The van der Waals surface area contributed by atoms with Crippen LogP contribution in [0, 0.1) is 0 Å². The van der Waals surface area contributed by atoms with Crippen LogP contribution in [-0.2, 0) is 12.8 Å². The molecule has 0 amide bonds. The summed E-state index contributed by atoms with van der Waals surface area (Å²) < 4.78 is 5.07. The summed E-state index contributed by atoms with van der Waals surface area (Å²) in [4.78, 5) is 9.62. The van der Waals surface area contributed by atoms with Crippen LogP contribution in [0.1, 0.15) is 23.4 Å². The van der Waals surface area contributed by atoms with Crippen LogP contribution in [0.15, 0.2) is 29.9 Å². The first-order valence-electron chi connectivity index (χ1n) is 6.29. The minimum Gasteiger partial charge on any atom is -0.481 e. The zero-order valence-electron chi connectivity index (χ0n) is 10.9. The van der Waals surface area contributed by atoms with Crippen molar-refractivity contribution in [3.63, 3.8) is 0 Å². The van der Waals surface area contributed by atoms with Crippen molar-refractivity contribution in [3.8, 4) is 5.88 Å². The molecule has 0 fully saturated rings. The highest BCUT2D eigenvalue weighted by atomic mass is 35.5. The predicted molar refractivity (Wildman–Crippen MR) is 79.2 cm³/mol. The van der Waals surface area contributed by atoms with Gasteiger partial charge in [0.25, 0.3) is 0 Å². The molecule has 0 bridgehead atoms. The van der Waals surface area contributed by atoms with Gasteiger partial charge in [-0.15, -0.1) is 22.9 Å². The zero-order valence-corrected chi connectivity index (χ0v) is 12.5. The molecule has 102 valence electrons. The Hall–Kier alpha value is -1.13. The number of aromatic nitrogens is 2. The molecule has 0 aliphatic carbocycles. The van der Waals surface area contributed by atoms with Crippen molar-refractivity contribution in [1.29, 1.82) is 0 Å². The molecule has 1 unspecified atom stereocenters. The monoisotopic (exact) mass is 296 g/mol. The van der Waals surface area contributed by atoms with Crippen LogP contribution in [0.4, 0.5) is 0 Å². The Morgan fingerprint density at radius 1 is 1.42 bits per heavy atom. The van der Waals surface area contributed by atoms with Crippen molar-refractivity contribution in [1.82, 2.24) is 9.97 Å². The van der Waals surface area contributed by atoms with E-state index in [1.807, 2.05) is 6.07 Å². The van der Waals surface area contributed by atoms with Gasteiger partial charge in [-0.25, -0.2) is 9.97 Å². The summed E-state index contributed by atoms with van der Waals surface area (Å²) in [5, 5.41) is 2.22. The summed E-state index contributed by atoms with van der Waals surface area (Å²) in [5.74, 6) is 0.590. The molecule has 1 atom stereocenters. The van der Waals surface area contributed by atoms with Crippen LogP contribution >= 0.6 is 22.9 Å². The molecular weight excluding hydrogens is 280 g/mol. The predicted octanol–water partition coefficient (Wildman–Crippen LogP) is 3.72. The van der Waals surface area contributed by atoms with E-state index >= 15 is 0 Å². The lowest BCUT2D eigenvalue weighted by atomic mass is 10.1. The molecule has 2 aromatic heterocycles. The summed E-state index contributed by atoms with van der Waals surface area (Å²) >= 11 is 8.16. The van der Waals surface area contributed by atoms with Gasteiger partial charge in [0.1, 0.15) is 6.33 Å². The zero-order chi connectivity index (χ0) is 13.5. The number of halogens is 1. The van der Waals surface area contributed by atoms with Crippen LogP contribution in [0.25, 0.3) is 0 Å². The van der Waals surface area contributed by atoms with E-state index in [1.165, 1.54) is 11.2 Å². The molecule has 0 aliphatic rings. The highest BCUT2D eigenvalue weighted by Gasteiger charge is 2.08. The first-order chi connectivity index (χ1) is 9.28. The van der Waals surface area contributed by atoms with E-state index in [0.29, 0.717) is 5.88 Å². The second-order valence-corrected chi connectivity index (χ2v) is 5.97. The fourth-order valence-corrected chi connectivity index (χ4v) is 2.95. The van der Waals surface area contributed by atoms with Gasteiger partial charge in [-0.3, -0.25) is 0 Å². The largest absolute Gasteiger partial charge is 0.481 e. The van der Waals surface area contributed by atoms with Gasteiger partial charge in [-0.05, 0) is 30.7 Å². The van der Waals surface area contributed by atoms with Crippen molar-refractivity contribution in [3.05, 3.63) is 40.5 Å². The van der Waals surface area contributed by atoms with Gasteiger partial charge in [0.15, 0.2) is 0 Å². The number of hydrogen-bond acceptors (Lipinski definition) is 4. The molecule has 0 saturated heterocycles. The van der Waals surface area contributed by atoms with Crippen LogP contribution in [-0.4, -0.2) is 22.5 Å². The van der Waals surface area contributed by atoms with Gasteiger partial charge in [-0.1, -0.05) is 6.07 Å². The molecule has 0 N–H and O–H groups in total. The SMILES string of the molecule is COc1cc(CC(Cl)CCCc2cccs2)ncn1. The van der Waals surface area contributed by atoms with E-state index in [2.05, 4.69) is 27.5 Å². The summed E-state index contributed by atoms with van der Waals surface area (Å²) in [6.45, 7) is 0. The van der Waals surface area contributed by atoms with Gasteiger partial charge >= 0.3 is 0 Å². The smallest absolute Gasteiger partial charge is 0.216 e. The van der Waals surface area contributed by atoms with Gasteiger partial charge in [0, 0.05) is 28.4 Å². The molecule has 2 rings (SSSR count). The first-order valence-corrected chi connectivity index (χ1v) is 7.61. The maximum Gasteiger partial charge on any atom is 0.216 e. The number of nitrogens with zero attached hydrogens (tertiary/aromatic N) is 2. The molecule has 0 spiro atoms. The van der Waals surface area contributed by atoms with Gasteiger partial charge in [-0.2, -0.15) is 0 Å². The number of ether oxygens (including phenoxy) is 1. The average Bonchev–Trinajstić information content (AvgIpc) is 2.92. The lowest BCUT2D eigenvalue weighted by molar-refractivity contribution is 0.395. The highest BCUT2D eigenvalue weighted by Crippen LogP contribution is 2.17. The third-order valence-electron chi connectivity index (χ3n) is 2.86. The Kier molecular flexibility index (Phi) is 5.61. The Morgan fingerprint density at radius 2 is 2.32 bits per heavy atom. The van der Waals surface area contributed by atoms with Crippen molar-refractivity contribution < 1.29 is 4.74 Å². The molecule has 0 aliphatic heterocycles. The van der Waals surface area contributed by atoms with Gasteiger partial charge in [0.05, 0.1) is 7.11 Å². The summed E-state index contributed by atoms with van der Waals surface area (Å²) in [5.41, 5.74) is 0.933. The Balaban J connectivity index is 1.75. The Morgan fingerprint density at radius 3 is 3.05 bits per heavy atom. The second-order valence-electron chi connectivity index (χ2n) is 4.32. The molecule has 2 heterocycles. The van der Waals surface area contributed by atoms with E-state index in [4.69, 9.17) is 16.3 Å². The molecule has 3 nitrogen and oxygen atoms in total. The van der Waals surface area contributed by atoms with Crippen LogP contribution in [0.3, 0.4) is 0 Å². The van der Waals surface area contributed by atoms with E-state index in [0.717, 1.165) is 31.4 Å². The second kappa shape index (κ2) is 7.46. The normalized spacial score (nSPS) is 12.3. The number of methoxy groups -OCH3 is 1. The molecule has 5 heteroatoms. The maximum absolute atomic E-state index is 6.35. The standard InChI is InChI=1S/C14H17ClN2OS/c1-18-14-9-12(16-10-17-14)8-11(15)4-2-5-13-6-3-7-19-13/h3,6-7,9-11H,2,4-5,8H2,1H3. The first kappa shape index (κ1) is 14.3. The summed E-state index contributed by atoms with van der Waals surface area (Å²) in [6.07, 6.45) is 5.48. The highest BCUT2D eigenvalue weighted by molar-refractivity contribution is 7.09. The van der Waals surface area contributed by atoms with E-state index in [1.54, 1.807) is 18.4 Å². The molecule has 0 radical (unpaired) electrons. The van der Waals surface area contributed by atoms with Crippen molar-refractivity contribution >= 4 is 22.9 Å². The average molecular weight is 297 g/mol. The van der Waals surface area contributed by atoms with E-state index in [-0.39, 0.29) is 5.38 Å². The quantitative estimate of drug-likeness (QED) is 0.731.